The van der Waals surface area contributed by atoms with E-state index >= 15 is 0 Å². The third-order valence-electron chi connectivity index (χ3n) is 3.83. The molecule has 96 valence electrons. The Balaban J connectivity index is 1.93. The molecule has 0 radical (unpaired) electrons. The number of rotatable bonds is 1. The van der Waals surface area contributed by atoms with E-state index in [2.05, 4.69) is 37.2 Å². The topological polar surface area (TPSA) is 45.2 Å². The van der Waals surface area contributed by atoms with Gasteiger partial charge in [0.25, 0.3) is 0 Å². The summed E-state index contributed by atoms with van der Waals surface area (Å²) in [5.74, 6) is 1.30. The van der Waals surface area contributed by atoms with E-state index in [1.807, 2.05) is 13.1 Å². The minimum Gasteiger partial charge on any atom is -0.354 e. The van der Waals surface area contributed by atoms with Gasteiger partial charge in [-0.05, 0) is 47.3 Å². The molecule has 2 fully saturated rings. The van der Waals surface area contributed by atoms with E-state index in [4.69, 9.17) is 0 Å². The second-order valence-corrected chi connectivity index (χ2v) is 5.93. The standard InChI is InChI=1S/C13H16BrN3O/c1-8-5-10(14)12(15-6-8)17-4-2-3-9-11(17)7-16-13(9)18/h5-6,9,11H,2-4,7H2,1H3,(H,16,18). The number of pyridine rings is 1. The molecule has 3 rings (SSSR count). The van der Waals surface area contributed by atoms with E-state index in [1.165, 1.54) is 0 Å². The lowest BCUT2D eigenvalue weighted by atomic mass is 9.91. The van der Waals surface area contributed by atoms with Crippen LogP contribution >= 0.6 is 15.9 Å². The molecular formula is C13H16BrN3O. The van der Waals surface area contributed by atoms with Gasteiger partial charge in [-0.1, -0.05) is 0 Å². The fourth-order valence-electron chi connectivity index (χ4n) is 2.95. The van der Waals surface area contributed by atoms with Crippen LogP contribution in [0.5, 0.6) is 0 Å². The molecule has 0 saturated carbocycles. The third kappa shape index (κ3) is 1.90. The Morgan fingerprint density at radius 1 is 1.56 bits per heavy atom. The highest BCUT2D eigenvalue weighted by atomic mass is 79.9. The number of aromatic nitrogens is 1. The Hall–Kier alpha value is -1.10. The summed E-state index contributed by atoms with van der Waals surface area (Å²) < 4.78 is 1.02. The quantitative estimate of drug-likeness (QED) is 0.861. The molecule has 2 aliphatic heterocycles. The first-order chi connectivity index (χ1) is 8.66. The van der Waals surface area contributed by atoms with Gasteiger partial charge in [0.15, 0.2) is 0 Å². The van der Waals surface area contributed by atoms with Gasteiger partial charge in [0.05, 0.1) is 16.4 Å². The van der Waals surface area contributed by atoms with Crippen LogP contribution in [0.3, 0.4) is 0 Å². The zero-order valence-electron chi connectivity index (χ0n) is 10.3. The van der Waals surface area contributed by atoms with E-state index in [0.717, 1.165) is 41.8 Å². The number of carbonyl (C=O) groups is 1. The number of amides is 1. The highest BCUT2D eigenvalue weighted by molar-refractivity contribution is 9.10. The van der Waals surface area contributed by atoms with Gasteiger partial charge in [0.2, 0.25) is 5.91 Å². The van der Waals surface area contributed by atoms with Crippen molar-refractivity contribution in [3.63, 3.8) is 0 Å². The number of nitrogens with zero attached hydrogens (tertiary/aromatic N) is 2. The molecule has 0 aromatic carbocycles. The van der Waals surface area contributed by atoms with Crippen LogP contribution in [0.2, 0.25) is 0 Å². The summed E-state index contributed by atoms with van der Waals surface area (Å²) in [4.78, 5) is 18.6. The number of aryl methyl sites for hydroxylation is 1. The van der Waals surface area contributed by atoms with Crippen molar-refractivity contribution in [2.45, 2.75) is 25.8 Å². The monoisotopic (exact) mass is 309 g/mol. The molecule has 1 aromatic heterocycles. The average molecular weight is 310 g/mol. The van der Waals surface area contributed by atoms with Crippen molar-refractivity contribution in [3.05, 3.63) is 22.3 Å². The number of carbonyl (C=O) groups excluding carboxylic acids is 1. The SMILES string of the molecule is Cc1cnc(N2CCCC3C(=O)NCC32)c(Br)c1. The van der Waals surface area contributed by atoms with Crippen LogP contribution in [0.25, 0.3) is 0 Å². The summed E-state index contributed by atoms with van der Waals surface area (Å²) in [6, 6.07) is 2.34. The van der Waals surface area contributed by atoms with Crippen molar-refractivity contribution in [2.24, 2.45) is 5.92 Å². The zero-order valence-corrected chi connectivity index (χ0v) is 11.9. The van der Waals surface area contributed by atoms with Gasteiger partial charge in [0, 0.05) is 19.3 Å². The van der Waals surface area contributed by atoms with E-state index in [-0.39, 0.29) is 17.9 Å². The van der Waals surface area contributed by atoms with Crippen molar-refractivity contribution in [1.82, 2.24) is 10.3 Å². The summed E-state index contributed by atoms with van der Waals surface area (Å²) >= 11 is 3.59. The number of anilines is 1. The summed E-state index contributed by atoms with van der Waals surface area (Å²) in [5.41, 5.74) is 1.14. The number of piperidine rings is 1. The number of fused-ring (bicyclic) bond motifs is 1. The van der Waals surface area contributed by atoms with Crippen molar-refractivity contribution in [2.75, 3.05) is 18.0 Å². The molecule has 2 unspecified atom stereocenters. The fourth-order valence-corrected chi connectivity index (χ4v) is 3.64. The molecule has 0 aliphatic carbocycles. The average Bonchev–Trinajstić information content (AvgIpc) is 2.72. The van der Waals surface area contributed by atoms with Crippen molar-refractivity contribution in [1.29, 1.82) is 0 Å². The Morgan fingerprint density at radius 2 is 2.39 bits per heavy atom. The first-order valence-corrected chi connectivity index (χ1v) is 7.12. The maximum atomic E-state index is 11.8. The zero-order chi connectivity index (χ0) is 12.7. The lowest BCUT2D eigenvalue weighted by molar-refractivity contribution is -0.122. The molecule has 0 spiro atoms. The minimum absolute atomic E-state index is 0.133. The highest BCUT2D eigenvalue weighted by Crippen LogP contribution is 2.34. The van der Waals surface area contributed by atoms with Crippen molar-refractivity contribution in [3.8, 4) is 0 Å². The van der Waals surface area contributed by atoms with Gasteiger partial charge in [-0.25, -0.2) is 4.98 Å². The molecule has 0 bridgehead atoms. The number of hydrogen-bond acceptors (Lipinski definition) is 3. The second-order valence-electron chi connectivity index (χ2n) is 5.07. The maximum Gasteiger partial charge on any atom is 0.225 e. The van der Waals surface area contributed by atoms with Crippen LogP contribution in [0.15, 0.2) is 16.7 Å². The van der Waals surface area contributed by atoms with Gasteiger partial charge in [-0.15, -0.1) is 0 Å². The smallest absolute Gasteiger partial charge is 0.225 e. The molecule has 1 aromatic rings. The normalized spacial score (nSPS) is 27.0. The van der Waals surface area contributed by atoms with Crippen LogP contribution < -0.4 is 10.2 Å². The Morgan fingerprint density at radius 3 is 3.17 bits per heavy atom. The van der Waals surface area contributed by atoms with Crippen LogP contribution in [-0.2, 0) is 4.79 Å². The molecule has 4 nitrogen and oxygen atoms in total. The largest absolute Gasteiger partial charge is 0.354 e. The molecule has 2 aliphatic rings. The summed E-state index contributed by atoms with van der Waals surface area (Å²) in [6.07, 6.45) is 3.93. The predicted molar refractivity (Wildman–Crippen MR) is 73.5 cm³/mol. The van der Waals surface area contributed by atoms with E-state index in [1.54, 1.807) is 0 Å². The first kappa shape index (κ1) is 12.0. The lowest BCUT2D eigenvalue weighted by Gasteiger charge is -2.37. The van der Waals surface area contributed by atoms with Gasteiger partial charge < -0.3 is 10.2 Å². The van der Waals surface area contributed by atoms with Crippen molar-refractivity contribution < 1.29 is 4.79 Å². The summed E-state index contributed by atoms with van der Waals surface area (Å²) in [5, 5.41) is 2.97. The highest BCUT2D eigenvalue weighted by Gasteiger charge is 2.41. The molecule has 3 heterocycles. The van der Waals surface area contributed by atoms with Crippen LogP contribution in [-0.4, -0.2) is 30.0 Å². The van der Waals surface area contributed by atoms with Gasteiger partial charge in [0.1, 0.15) is 5.82 Å². The second kappa shape index (κ2) is 4.53. The van der Waals surface area contributed by atoms with Crippen LogP contribution in [0.1, 0.15) is 18.4 Å². The predicted octanol–water partition coefficient (Wildman–Crippen LogP) is 1.87. The van der Waals surface area contributed by atoms with E-state index in [9.17, 15) is 4.79 Å². The van der Waals surface area contributed by atoms with Crippen LogP contribution in [0.4, 0.5) is 5.82 Å². The molecule has 18 heavy (non-hydrogen) atoms. The van der Waals surface area contributed by atoms with Gasteiger partial charge in [-0.2, -0.15) is 0 Å². The van der Waals surface area contributed by atoms with E-state index in [0.29, 0.717) is 0 Å². The molecule has 2 saturated heterocycles. The lowest BCUT2D eigenvalue weighted by Crippen LogP contribution is -2.46. The maximum absolute atomic E-state index is 11.8. The molecule has 2 atom stereocenters. The Kier molecular flexibility index (Phi) is 3.01. The van der Waals surface area contributed by atoms with E-state index < -0.39 is 0 Å². The molecule has 5 heteroatoms. The summed E-state index contributed by atoms with van der Waals surface area (Å²) in [6.45, 7) is 3.75. The molecule has 1 N–H and O–H groups in total. The van der Waals surface area contributed by atoms with Crippen LogP contribution in [0, 0.1) is 12.8 Å². The van der Waals surface area contributed by atoms with Gasteiger partial charge in [-0.3, -0.25) is 4.79 Å². The summed E-state index contributed by atoms with van der Waals surface area (Å²) in [7, 11) is 0. The third-order valence-corrected chi connectivity index (χ3v) is 4.42. The number of nitrogens with one attached hydrogen (secondary N) is 1. The molecule has 1 amide bonds. The number of hydrogen-bond donors (Lipinski definition) is 1. The first-order valence-electron chi connectivity index (χ1n) is 6.33. The molecular weight excluding hydrogens is 294 g/mol. The van der Waals surface area contributed by atoms with Gasteiger partial charge >= 0.3 is 0 Å². The Bertz CT molecular complexity index is 491. The Labute approximate surface area is 115 Å². The minimum atomic E-state index is 0.133. The number of halogens is 1. The van der Waals surface area contributed by atoms with Crippen molar-refractivity contribution >= 4 is 27.7 Å². The fraction of sp³-hybridized carbons (Fsp3) is 0.538.